The number of amides is 2. The number of esters is 1. The average molecular weight is 516 g/mol. The van der Waals surface area contributed by atoms with E-state index in [2.05, 4.69) is 10.2 Å². The lowest BCUT2D eigenvalue weighted by atomic mass is 9.92. The molecule has 0 aliphatic carbocycles. The lowest BCUT2D eigenvalue weighted by molar-refractivity contribution is -0.142. The quantitative estimate of drug-likeness (QED) is 0.309. The lowest BCUT2D eigenvalue weighted by Gasteiger charge is -2.23. The molecule has 37 heavy (non-hydrogen) atoms. The predicted molar refractivity (Wildman–Crippen MR) is 142 cm³/mol. The van der Waals surface area contributed by atoms with Gasteiger partial charge in [-0.2, -0.15) is 0 Å². The van der Waals surface area contributed by atoms with E-state index in [1.54, 1.807) is 12.0 Å². The first-order valence-electron chi connectivity index (χ1n) is 13.3. The van der Waals surface area contributed by atoms with E-state index >= 15 is 0 Å². The number of allylic oxidation sites excluding steroid dienone is 2. The number of urea groups is 1. The molecule has 2 heterocycles. The number of anilines is 1. The van der Waals surface area contributed by atoms with Gasteiger partial charge < -0.3 is 29.7 Å². The molecule has 1 aromatic carbocycles. The van der Waals surface area contributed by atoms with Crippen LogP contribution in [0.3, 0.4) is 0 Å². The third-order valence-corrected chi connectivity index (χ3v) is 7.52. The molecule has 1 fully saturated rings. The second-order valence-corrected chi connectivity index (χ2v) is 9.88. The zero-order chi connectivity index (χ0) is 27.1. The molecule has 0 spiro atoms. The molecule has 1 atom stereocenters. The Morgan fingerprint density at radius 1 is 1.24 bits per heavy atom. The van der Waals surface area contributed by atoms with E-state index in [0.717, 1.165) is 30.8 Å². The number of fused-ring (bicyclic) bond motifs is 1. The van der Waals surface area contributed by atoms with E-state index in [1.165, 1.54) is 12.8 Å². The number of aliphatic carboxylic acids is 1. The zero-order valence-corrected chi connectivity index (χ0v) is 22.8. The van der Waals surface area contributed by atoms with Crippen LogP contribution in [0.15, 0.2) is 11.6 Å². The molecule has 2 aliphatic heterocycles. The van der Waals surface area contributed by atoms with Crippen molar-refractivity contribution in [2.45, 2.75) is 66.4 Å². The summed E-state index contributed by atoms with van der Waals surface area (Å²) in [6.07, 6.45) is 5.77. The number of carboxylic acid groups (broad SMARTS) is 1. The van der Waals surface area contributed by atoms with Crippen LogP contribution in [-0.2, 0) is 22.6 Å². The zero-order valence-electron chi connectivity index (χ0n) is 22.8. The highest BCUT2D eigenvalue weighted by atomic mass is 16.5. The van der Waals surface area contributed by atoms with Crippen molar-refractivity contribution >= 4 is 23.7 Å². The topological polar surface area (TPSA) is 108 Å². The van der Waals surface area contributed by atoms with Gasteiger partial charge in [0.05, 0.1) is 24.3 Å². The van der Waals surface area contributed by atoms with E-state index in [4.69, 9.17) is 9.47 Å². The van der Waals surface area contributed by atoms with Gasteiger partial charge >= 0.3 is 18.0 Å². The summed E-state index contributed by atoms with van der Waals surface area (Å²) in [7, 11) is 1.57. The van der Waals surface area contributed by atoms with Crippen molar-refractivity contribution in [2.75, 3.05) is 45.2 Å². The fourth-order valence-corrected chi connectivity index (χ4v) is 5.29. The summed E-state index contributed by atoms with van der Waals surface area (Å²) >= 11 is 0. The second-order valence-electron chi connectivity index (χ2n) is 9.88. The van der Waals surface area contributed by atoms with Crippen LogP contribution in [0, 0.1) is 12.8 Å². The molecule has 2 N–H and O–H groups in total. The molecule has 0 radical (unpaired) electrons. The van der Waals surface area contributed by atoms with E-state index in [9.17, 15) is 19.5 Å². The van der Waals surface area contributed by atoms with Crippen molar-refractivity contribution in [1.82, 2.24) is 9.80 Å². The summed E-state index contributed by atoms with van der Waals surface area (Å²) in [5.74, 6) is -1.12. The predicted octanol–water partition coefficient (Wildman–Crippen LogP) is 4.61. The van der Waals surface area contributed by atoms with Crippen molar-refractivity contribution in [3.05, 3.63) is 33.9 Å². The Bertz CT molecular complexity index is 1040. The van der Waals surface area contributed by atoms with Gasteiger partial charge in [-0.1, -0.05) is 11.6 Å². The standard InChI is InChI=1S/C28H41N3O6/c1-6-31(7-2)28(35)29-24-21(25(36-5)19(4)22-17-37-27(34)23(22)24)11-10-18(3)16-20(26(32)33)12-15-30-13-8-9-14-30/h10,20H,6-9,11-17H2,1-5H3,(H,29,35)(H,32,33)/b18-10+. The van der Waals surface area contributed by atoms with Gasteiger partial charge in [0, 0.05) is 24.2 Å². The number of methoxy groups -OCH3 is 1. The van der Waals surface area contributed by atoms with Gasteiger partial charge in [0.2, 0.25) is 0 Å². The van der Waals surface area contributed by atoms with Crippen molar-refractivity contribution in [3.63, 3.8) is 0 Å². The number of rotatable bonds is 12. The maximum absolute atomic E-state index is 13.0. The molecule has 1 saturated heterocycles. The highest BCUT2D eigenvalue weighted by Crippen LogP contribution is 2.41. The van der Waals surface area contributed by atoms with Crippen molar-refractivity contribution < 1.29 is 29.0 Å². The summed E-state index contributed by atoms with van der Waals surface area (Å²) in [5, 5.41) is 12.8. The van der Waals surface area contributed by atoms with Gasteiger partial charge in [-0.25, -0.2) is 9.59 Å². The number of ether oxygens (including phenoxy) is 2. The molecule has 0 aromatic heterocycles. The fourth-order valence-electron chi connectivity index (χ4n) is 5.29. The number of carboxylic acids is 1. The van der Waals surface area contributed by atoms with Crippen molar-refractivity contribution in [3.8, 4) is 5.75 Å². The Kier molecular flexibility index (Phi) is 9.97. The number of carbonyl (C=O) groups is 3. The van der Waals surface area contributed by atoms with Crippen molar-refractivity contribution in [1.29, 1.82) is 0 Å². The average Bonchev–Trinajstić information content (AvgIpc) is 3.53. The fraction of sp³-hybridized carbons (Fsp3) is 0.607. The minimum atomic E-state index is -0.784. The van der Waals surface area contributed by atoms with Crippen LogP contribution in [-0.4, -0.2) is 72.7 Å². The summed E-state index contributed by atoms with van der Waals surface area (Å²) in [5.41, 5.74) is 3.92. The largest absolute Gasteiger partial charge is 0.496 e. The second kappa shape index (κ2) is 12.9. The van der Waals surface area contributed by atoms with E-state index < -0.39 is 17.9 Å². The van der Waals surface area contributed by atoms with Crippen molar-refractivity contribution in [2.24, 2.45) is 5.92 Å². The maximum Gasteiger partial charge on any atom is 0.341 e. The minimum Gasteiger partial charge on any atom is -0.496 e. The summed E-state index contributed by atoms with van der Waals surface area (Å²) in [4.78, 5) is 41.6. The monoisotopic (exact) mass is 515 g/mol. The maximum atomic E-state index is 13.0. The number of cyclic esters (lactones) is 1. The van der Waals surface area contributed by atoms with Gasteiger partial charge in [0.1, 0.15) is 12.4 Å². The summed E-state index contributed by atoms with van der Waals surface area (Å²) in [6.45, 7) is 11.7. The molecule has 0 saturated carbocycles. The molecular weight excluding hydrogens is 474 g/mol. The Morgan fingerprint density at radius 3 is 2.51 bits per heavy atom. The third-order valence-electron chi connectivity index (χ3n) is 7.52. The molecule has 9 heteroatoms. The molecule has 1 unspecified atom stereocenters. The Hall–Kier alpha value is -3.07. The minimum absolute atomic E-state index is 0.136. The molecule has 204 valence electrons. The lowest BCUT2D eigenvalue weighted by Crippen LogP contribution is -2.35. The first-order valence-corrected chi connectivity index (χ1v) is 13.3. The van der Waals surface area contributed by atoms with Gasteiger partial charge in [0.15, 0.2) is 0 Å². The van der Waals surface area contributed by atoms with Crippen LogP contribution in [0.1, 0.15) is 73.5 Å². The Balaban J connectivity index is 1.89. The highest BCUT2D eigenvalue weighted by molar-refractivity contribution is 6.05. The normalized spacial score (nSPS) is 16.4. The number of nitrogens with one attached hydrogen (secondary N) is 1. The van der Waals surface area contributed by atoms with Crippen LogP contribution in [0.25, 0.3) is 0 Å². The molecule has 1 aromatic rings. The Morgan fingerprint density at radius 2 is 1.92 bits per heavy atom. The number of likely N-dealkylation sites (tertiary alicyclic amines) is 1. The molecule has 3 rings (SSSR count). The molecule has 2 aliphatic rings. The Labute approximate surface area is 219 Å². The van der Waals surface area contributed by atoms with Gasteiger partial charge in [-0.3, -0.25) is 4.79 Å². The molecule has 0 bridgehead atoms. The molecule has 2 amide bonds. The van der Waals surface area contributed by atoms with Crippen LogP contribution < -0.4 is 10.1 Å². The van der Waals surface area contributed by atoms with Gasteiger partial charge in [-0.05, 0) is 85.0 Å². The van der Waals surface area contributed by atoms with E-state index in [0.29, 0.717) is 60.5 Å². The SMILES string of the molecule is CCN(CC)C(=O)Nc1c(C/C=C(\C)CC(CCN2CCCC2)C(=O)O)c(OC)c(C)c2c1C(=O)OC2. The van der Waals surface area contributed by atoms with Gasteiger partial charge in [-0.15, -0.1) is 0 Å². The number of hydrogen-bond donors (Lipinski definition) is 2. The number of benzene rings is 1. The molecule has 9 nitrogen and oxygen atoms in total. The molecular formula is C28H41N3O6. The summed E-state index contributed by atoms with van der Waals surface area (Å²) < 4.78 is 11.1. The number of carbonyl (C=O) groups excluding carboxylic acids is 2. The van der Waals surface area contributed by atoms with Crippen LogP contribution in [0.4, 0.5) is 10.5 Å². The first kappa shape index (κ1) is 28.5. The number of hydrogen-bond acceptors (Lipinski definition) is 6. The summed E-state index contributed by atoms with van der Waals surface area (Å²) in [6, 6.07) is -0.299. The van der Waals surface area contributed by atoms with Crippen LogP contribution in [0.2, 0.25) is 0 Å². The first-order chi connectivity index (χ1) is 17.7. The van der Waals surface area contributed by atoms with Gasteiger partial charge in [0.25, 0.3) is 0 Å². The van der Waals surface area contributed by atoms with E-state index in [-0.39, 0.29) is 12.6 Å². The van der Waals surface area contributed by atoms with Crippen LogP contribution in [0.5, 0.6) is 5.75 Å². The van der Waals surface area contributed by atoms with E-state index in [1.807, 2.05) is 33.8 Å². The number of nitrogens with zero attached hydrogens (tertiary/aromatic N) is 2. The third kappa shape index (κ3) is 6.63. The highest BCUT2D eigenvalue weighted by Gasteiger charge is 2.33. The smallest absolute Gasteiger partial charge is 0.341 e. The van der Waals surface area contributed by atoms with Crippen LogP contribution >= 0.6 is 0 Å².